The lowest BCUT2D eigenvalue weighted by molar-refractivity contribution is -0.274. The van der Waals surface area contributed by atoms with Crippen molar-refractivity contribution < 1.29 is 44.9 Å². The lowest BCUT2D eigenvalue weighted by atomic mass is 9.99. The van der Waals surface area contributed by atoms with Crippen LogP contribution in [0.2, 0.25) is 0 Å². The van der Waals surface area contributed by atoms with Gasteiger partial charge >= 0.3 is 6.36 Å². The van der Waals surface area contributed by atoms with Crippen LogP contribution in [-0.2, 0) is 21.5 Å². The van der Waals surface area contributed by atoms with E-state index in [4.69, 9.17) is 13.8 Å². The maximum absolute atomic E-state index is 13.1. The predicted molar refractivity (Wildman–Crippen MR) is 151 cm³/mol. The summed E-state index contributed by atoms with van der Waals surface area (Å²) in [5, 5.41) is 6.60. The van der Waals surface area contributed by atoms with Gasteiger partial charge in [-0.25, -0.2) is 4.98 Å². The van der Waals surface area contributed by atoms with Crippen molar-refractivity contribution in [1.29, 1.82) is 0 Å². The number of anilines is 1. The van der Waals surface area contributed by atoms with Gasteiger partial charge in [-0.05, 0) is 62.8 Å². The topological polar surface area (TPSA) is 144 Å². The Morgan fingerprint density at radius 2 is 1.82 bits per heavy atom. The van der Waals surface area contributed by atoms with Gasteiger partial charge in [0.2, 0.25) is 0 Å². The van der Waals surface area contributed by atoms with Crippen LogP contribution in [0.1, 0.15) is 66.1 Å². The second kappa shape index (κ2) is 12.0. The lowest BCUT2D eigenvalue weighted by Gasteiger charge is -2.39. The van der Waals surface area contributed by atoms with Crippen molar-refractivity contribution in [3.8, 4) is 17.0 Å². The van der Waals surface area contributed by atoms with E-state index < -0.39 is 28.1 Å². The Balaban J connectivity index is 1.11. The van der Waals surface area contributed by atoms with Gasteiger partial charge in [-0.1, -0.05) is 17.3 Å². The summed E-state index contributed by atoms with van der Waals surface area (Å²) >= 11 is 0. The fourth-order valence-corrected chi connectivity index (χ4v) is 6.48. The molecule has 236 valence electrons. The smallest absolute Gasteiger partial charge is 0.405 e. The quantitative estimate of drug-likeness (QED) is 0.281. The molecule has 2 unspecified atom stereocenters. The predicted octanol–water partition coefficient (Wildman–Crippen LogP) is 4.85. The van der Waals surface area contributed by atoms with E-state index in [0.717, 1.165) is 44.3 Å². The number of alkyl halides is 3. The minimum absolute atomic E-state index is 0.0897. The molecule has 6 rings (SSSR count). The Labute approximate surface area is 251 Å². The molecule has 3 aromatic rings. The molecular formula is C29H31F3N4O7S. The van der Waals surface area contributed by atoms with Crippen LogP contribution in [0.5, 0.6) is 5.75 Å². The summed E-state index contributed by atoms with van der Waals surface area (Å²) in [5.74, 6) is 0.122. The number of aromatic nitrogens is 2. The number of carbonyl (C=O) groups is 1. The molecule has 0 spiro atoms. The molecule has 1 aliphatic carbocycles. The molecular weight excluding hydrogens is 605 g/mol. The molecule has 4 heterocycles. The average molecular weight is 637 g/mol. The summed E-state index contributed by atoms with van der Waals surface area (Å²) in [6.07, 6.45) is 1.67. The van der Waals surface area contributed by atoms with Crippen LogP contribution in [0.3, 0.4) is 0 Å². The zero-order valence-corrected chi connectivity index (χ0v) is 24.3. The van der Waals surface area contributed by atoms with Crippen LogP contribution >= 0.6 is 0 Å². The number of rotatable bonds is 11. The minimum atomic E-state index is -4.85. The summed E-state index contributed by atoms with van der Waals surface area (Å²) in [4.78, 5) is 19.0. The van der Waals surface area contributed by atoms with Crippen LogP contribution in [0.15, 0.2) is 47.1 Å². The Hall–Kier alpha value is -3.69. The van der Waals surface area contributed by atoms with Gasteiger partial charge in [0, 0.05) is 41.9 Å². The molecule has 2 N–H and O–H groups in total. The first-order valence-electron chi connectivity index (χ1n) is 14.4. The molecule has 1 amide bonds. The summed E-state index contributed by atoms with van der Waals surface area (Å²) in [6.45, 7) is -0.0712. The molecule has 1 saturated carbocycles. The molecule has 2 aliphatic heterocycles. The van der Waals surface area contributed by atoms with Gasteiger partial charge in [-0.2, -0.15) is 8.42 Å². The molecule has 3 fully saturated rings. The monoisotopic (exact) mass is 636 g/mol. The molecule has 2 bridgehead atoms. The van der Waals surface area contributed by atoms with Crippen LogP contribution in [0, 0.1) is 0 Å². The summed E-state index contributed by atoms with van der Waals surface area (Å²) in [7, 11) is -4.17. The molecule has 2 saturated heterocycles. The van der Waals surface area contributed by atoms with Crippen LogP contribution in [0.25, 0.3) is 11.3 Å². The Morgan fingerprint density at radius 3 is 2.45 bits per heavy atom. The van der Waals surface area contributed by atoms with Gasteiger partial charge in [-0.3, -0.25) is 9.35 Å². The largest absolute Gasteiger partial charge is 0.573 e. The number of halogens is 3. The molecule has 11 nitrogen and oxygen atoms in total. The first kappa shape index (κ1) is 30.3. The SMILES string of the molecule is O=C(NCCS(=O)(=O)O)c1ccc(N2C3CCC2CC(OCc2c(-c4ccccc4OC(F)(F)F)noc2C2CC2)C3)nc1. The zero-order valence-electron chi connectivity index (χ0n) is 23.5. The van der Waals surface area contributed by atoms with Gasteiger partial charge < -0.3 is 24.2 Å². The van der Waals surface area contributed by atoms with Crippen molar-refractivity contribution in [3.05, 3.63) is 59.5 Å². The van der Waals surface area contributed by atoms with Crippen LogP contribution in [-0.4, -0.2) is 65.9 Å². The van der Waals surface area contributed by atoms with E-state index in [2.05, 4.69) is 25.1 Å². The molecule has 3 aliphatic rings. The third kappa shape index (κ3) is 7.00. The molecule has 44 heavy (non-hydrogen) atoms. The second-order valence-corrected chi connectivity index (χ2v) is 12.9. The number of carbonyl (C=O) groups excluding carboxylic acids is 1. The highest BCUT2D eigenvalue weighted by atomic mass is 32.2. The van der Waals surface area contributed by atoms with E-state index in [-0.39, 0.29) is 54.1 Å². The number of hydrogen-bond donors (Lipinski definition) is 2. The second-order valence-electron chi connectivity index (χ2n) is 11.3. The number of piperidine rings is 1. The van der Waals surface area contributed by atoms with Gasteiger partial charge in [-0.15, -0.1) is 13.2 Å². The summed E-state index contributed by atoms with van der Waals surface area (Å²) in [5.41, 5.74) is 1.40. The average Bonchev–Trinajstić information content (AvgIpc) is 3.66. The van der Waals surface area contributed by atoms with Gasteiger partial charge in [0.15, 0.2) is 0 Å². The maximum atomic E-state index is 13.1. The number of fused-ring (bicyclic) bond motifs is 2. The number of nitrogens with zero attached hydrogens (tertiary/aromatic N) is 3. The number of benzene rings is 1. The summed E-state index contributed by atoms with van der Waals surface area (Å²) in [6, 6.07) is 9.58. The molecule has 15 heteroatoms. The van der Waals surface area contributed by atoms with E-state index in [1.54, 1.807) is 18.2 Å². The minimum Gasteiger partial charge on any atom is -0.405 e. The molecule has 0 radical (unpaired) electrons. The molecule has 1 aromatic carbocycles. The van der Waals surface area contributed by atoms with Crippen molar-refractivity contribution in [3.63, 3.8) is 0 Å². The zero-order chi connectivity index (χ0) is 31.1. The van der Waals surface area contributed by atoms with E-state index >= 15 is 0 Å². The third-order valence-corrected chi connectivity index (χ3v) is 8.93. The van der Waals surface area contributed by atoms with Gasteiger partial charge in [0.05, 0.1) is 24.0 Å². The Kier molecular flexibility index (Phi) is 8.28. The fraction of sp³-hybridized carbons (Fsp3) is 0.483. The van der Waals surface area contributed by atoms with Crippen molar-refractivity contribution in [2.24, 2.45) is 0 Å². The van der Waals surface area contributed by atoms with Crippen molar-refractivity contribution in [2.75, 3.05) is 17.2 Å². The Morgan fingerprint density at radius 1 is 1.09 bits per heavy atom. The van der Waals surface area contributed by atoms with Crippen molar-refractivity contribution in [1.82, 2.24) is 15.5 Å². The van der Waals surface area contributed by atoms with E-state index in [1.807, 2.05) is 0 Å². The van der Waals surface area contributed by atoms with Crippen LogP contribution in [0.4, 0.5) is 19.0 Å². The van der Waals surface area contributed by atoms with Crippen molar-refractivity contribution >= 4 is 21.8 Å². The van der Waals surface area contributed by atoms with E-state index in [0.29, 0.717) is 17.0 Å². The normalized spacial score (nSPS) is 21.8. The molecule has 2 atom stereocenters. The van der Waals surface area contributed by atoms with Crippen LogP contribution < -0.4 is 15.0 Å². The van der Waals surface area contributed by atoms with E-state index in [9.17, 15) is 26.4 Å². The Bertz CT molecular complexity index is 1600. The highest BCUT2D eigenvalue weighted by Gasteiger charge is 2.42. The van der Waals surface area contributed by atoms with E-state index in [1.165, 1.54) is 24.4 Å². The highest BCUT2D eigenvalue weighted by molar-refractivity contribution is 7.85. The number of ether oxygens (including phenoxy) is 2. The number of pyridine rings is 1. The van der Waals surface area contributed by atoms with Crippen molar-refractivity contribution in [2.45, 2.75) is 75.6 Å². The molecule has 2 aromatic heterocycles. The number of nitrogens with one attached hydrogen (secondary N) is 1. The lowest BCUT2D eigenvalue weighted by Crippen LogP contribution is -2.46. The first-order chi connectivity index (χ1) is 20.9. The highest BCUT2D eigenvalue weighted by Crippen LogP contribution is 2.46. The third-order valence-electron chi connectivity index (χ3n) is 8.21. The number of hydrogen-bond acceptors (Lipinski definition) is 9. The summed E-state index contributed by atoms with van der Waals surface area (Å²) < 4.78 is 86.2. The maximum Gasteiger partial charge on any atom is 0.573 e. The standard InChI is InChI=1S/C29H31F3N4O7S/c30-29(31,32)42-24-4-2-1-3-22(24)26-23(27(43-35-26)17-5-6-17)16-41-21-13-19-8-9-20(14-21)36(19)25-10-7-18(15-34-25)28(37)33-11-12-44(38,39)40/h1-4,7,10,15,17,19-21H,5-6,8-9,11-14,16H2,(H,33,37)(H,38,39,40). The van der Waals surface area contributed by atoms with Gasteiger partial charge in [0.1, 0.15) is 23.0 Å². The van der Waals surface area contributed by atoms with Gasteiger partial charge in [0.25, 0.3) is 16.0 Å². The first-order valence-corrected chi connectivity index (χ1v) is 16.0. The fourth-order valence-electron chi connectivity index (χ4n) is 6.12. The number of para-hydroxylation sites is 1. The number of amides is 1.